The fourth-order valence-corrected chi connectivity index (χ4v) is 2.70. The molecule has 0 radical (unpaired) electrons. The number of alkyl halides is 2. The van der Waals surface area contributed by atoms with E-state index >= 15 is 0 Å². The van der Waals surface area contributed by atoms with Crippen molar-refractivity contribution in [3.8, 4) is 11.5 Å². The number of benzene rings is 2. The van der Waals surface area contributed by atoms with Crippen LogP contribution < -0.4 is 9.47 Å². The molecule has 5 nitrogen and oxygen atoms in total. The van der Waals surface area contributed by atoms with Crippen LogP contribution in [0.15, 0.2) is 54.6 Å². The van der Waals surface area contributed by atoms with Crippen LogP contribution in [0.5, 0.6) is 11.5 Å². The van der Waals surface area contributed by atoms with Gasteiger partial charge in [0.05, 0.1) is 13.2 Å². The van der Waals surface area contributed by atoms with Gasteiger partial charge in [-0.3, -0.25) is 4.79 Å². The largest absolute Gasteiger partial charge is 0.491 e. The van der Waals surface area contributed by atoms with Gasteiger partial charge in [0, 0.05) is 12.1 Å². The summed E-state index contributed by atoms with van der Waals surface area (Å²) in [6.45, 7) is -1.42. The van der Waals surface area contributed by atoms with Gasteiger partial charge in [-0.25, -0.2) is 0 Å². The number of rotatable bonds is 6. The van der Waals surface area contributed by atoms with Gasteiger partial charge in [-0.05, 0) is 30.3 Å². The number of halogens is 2. The molecule has 1 aliphatic rings. The Balaban J connectivity index is 1.59. The number of carbonyl (C=O) groups excluding carboxylic acids is 1. The Bertz CT molecular complexity index is 726. The minimum atomic E-state index is -2.93. The van der Waals surface area contributed by atoms with Crippen molar-refractivity contribution in [2.24, 2.45) is 0 Å². The van der Waals surface area contributed by atoms with Crippen LogP contribution in [-0.2, 0) is 4.74 Å². The van der Waals surface area contributed by atoms with E-state index in [4.69, 9.17) is 9.47 Å². The van der Waals surface area contributed by atoms with Gasteiger partial charge in [-0.1, -0.05) is 24.3 Å². The summed E-state index contributed by atoms with van der Waals surface area (Å²) >= 11 is 0. The third kappa shape index (κ3) is 4.92. The summed E-state index contributed by atoms with van der Waals surface area (Å²) < 4.78 is 40.3. The predicted molar refractivity (Wildman–Crippen MR) is 90.7 cm³/mol. The highest BCUT2D eigenvalue weighted by atomic mass is 19.3. The standard InChI is InChI=1S/C19H19F2NO4/c20-19(21)26-16-8-4-5-14(11-16)18(23)22-9-10-24-17(12-22)13-25-15-6-2-1-3-7-15/h1-8,11,17,19H,9-10,12-13H2/t17-/m1/s1. The van der Waals surface area contributed by atoms with Crippen LogP contribution in [0.2, 0.25) is 0 Å². The van der Waals surface area contributed by atoms with E-state index in [0.717, 1.165) is 5.75 Å². The van der Waals surface area contributed by atoms with Crippen LogP contribution in [0.4, 0.5) is 8.78 Å². The lowest BCUT2D eigenvalue weighted by Crippen LogP contribution is -2.47. The molecule has 0 spiro atoms. The van der Waals surface area contributed by atoms with Crippen molar-refractivity contribution in [1.82, 2.24) is 4.90 Å². The van der Waals surface area contributed by atoms with E-state index in [1.807, 2.05) is 30.3 Å². The third-order valence-electron chi connectivity index (χ3n) is 3.91. The normalized spacial score (nSPS) is 17.2. The van der Waals surface area contributed by atoms with Gasteiger partial charge in [0.2, 0.25) is 0 Å². The van der Waals surface area contributed by atoms with Gasteiger partial charge in [0.25, 0.3) is 5.91 Å². The first-order chi connectivity index (χ1) is 12.6. The average Bonchev–Trinajstić information content (AvgIpc) is 2.66. The molecule has 1 fully saturated rings. The lowest BCUT2D eigenvalue weighted by Gasteiger charge is -2.33. The van der Waals surface area contributed by atoms with Crippen LogP contribution in [-0.4, -0.2) is 49.8 Å². The molecule has 138 valence electrons. The summed E-state index contributed by atoms with van der Waals surface area (Å²) in [6, 6.07) is 15.1. The van der Waals surface area contributed by atoms with E-state index in [2.05, 4.69) is 4.74 Å². The van der Waals surface area contributed by atoms with Crippen LogP contribution in [0.25, 0.3) is 0 Å². The molecule has 0 unspecified atom stereocenters. The van der Waals surface area contributed by atoms with Crippen molar-refractivity contribution in [3.63, 3.8) is 0 Å². The lowest BCUT2D eigenvalue weighted by atomic mass is 10.1. The molecule has 0 N–H and O–H groups in total. The molecular weight excluding hydrogens is 344 g/mol. The first-order valence-corrected chi connectivity index (χ1v) is 8.25. The molecule has 3 rings (SSSR count). The van der Waals surface area contributed by atoms with Crippen LogP contribution >= 0.6 is 0 Å². The molecule has 1 heterocycles. The summed E-state index contributed by atoms with van der Waals surface area (Å²) in [7, 11) is 0. The van der Waals surface area contributed by atoms with Crippen LogP contribution in [0, 0.1) is 0 Å². The molecule has 26 heavy (non-hydrogen) atoms. The van der Waals surface area contributed by atoms with E-state index in [1.165, 1.54) is 18.2 Å². The summed E-state index contributed by atoms with van der Waals surface area (Å²) in [5.74, 6) is 0.442. The number of amides is 1. The van der Waals surface area contributed by atoms with E-state index in [1.54, 1.807) is 11.0 Å². The molecule has 0 saturated carbocycles. The maximum absolute atomic E-state index is 12.6. The topological polar surface area (TPSA) is 48.0 Å². The van der Waals surface area contributed by atoms with Gasteiger partial charge in [-0.15, -0.1) is 0 Å². The molecule has 0 aromatic heterocycles. The maximum atomic E-state index is 12.6. The number of ether oxygens (including phenoxy) is 3. The SMILES string of the molecule is O=C(c1cccc(OC(F)F)c1)N1CCO[C@@H](COc2ccccc2)C1. The Kier molecular flexibility index (Phi) is 6.01. The van der Waals surface area contributed by atoms with E-state index in [0.29, 0.717) is 31.9 Å². The Labute approximate surface area is 150 Å². The highest BCUT2D eigenvalue weighted by molar-refractivity contribution is 5.94. The number of nitrogens with zero attached hydrogens (tertiary/aromatic N) is 1. The van der Waals surface area contributed by atoms with Gasteiger partial charge in [0.1, 0.15) is 24.2 Å². The van der Waals surface area contributed by atoms with Crippen LogP contribution in [0.3, 0.4) is 0 Å². The minimum Gasteiger partial charge on any atom is -0.491 e. The quantitative estimate of drug-likeness (QED) is 0.791. The second kappa shape index (κ2) is 8.62. The second-order valence-corrected chi connectivity index (χ2v) is 5.77. The van der Waals surface area contributed by atoms with Crippen molar-refractivity contribution in [1.29, 1.82) is 0 Å². The summed E-state index contributed by atoms with van der Waals surface area (Å²) in [4.78, 5) is 14.3. The molecule has 0 bridgehead atoms. The van der Waals surface area contributed by atoms with Crippen LogP contribution in [0.1, 0.15) is 10.4 Å². The Hall–Kier alpha value is -2.67. The van der Waals surface area contributed by atoms with Crippen molar-refractivity contribution < 1.29 is 27.8 Å². The number of morpholine rings is 1. The summed E-state index contributed by atoms with van der Waals surface area (Å²) in [5, 5.41) is 0. The first kappa shape index (κ1) is 18.1. The van der Waals surface area contributed by atoms with Crippen molar-refractivity contribution in [2.45, 2.75) is 12.7 Å². The van der Waals surface area contributed by atoms with Gasteiger partial charge < -0.3 is 19.1 Å². The van der Waals surface area contributed by atoms with Gasteiger partial charge in [-0.2, -0.15) is 8.78 Å². The number of hydrogen-bond donors (Lipinski definition) is 0. The molecule has 1 aliphatic heterocycles. The molecule has 0 aliphatic carbocycles. The number of para-hydroxylation sites is 1. The monoisotopic (exact) mass is 363 g/mol. The number of hydrogen-bond acceptors (Lipinski definition) is 4. The zero-order valence-corrected chi connectivity index (χ0v) is 14.0. The number of carbonyl (C=O) groups is 1. The van der Waals surface area contributed by atoms with Gasteiger partial charge >= 0.3 is 6.61 Å². The summed E-state index contributed by atoms with van der Waals surface area (Å²) in [5.41, 5.74) is 0.299. The molecule has 1 atom stereocenters. The molecule has 1 amide bonds. The highest BCUT2D eigenvalue weighted by Crippen LogP contribution is 2.19. The summed E-state index contributed by atoms with van der Waals surface area (Å²) in [6.07, 6.45) is -0.256. The van der Waals surface area contributed by atoms with Crippen molar-refractivity contribution in [2.75, 3.05) is 26.3 Å². The zero-order chi connectivity index (χ0) is 18.4. The minimum absolute atomic E-state index is 0.0388. The van der Waals surface area contributed by atoms with Gasteiger partial charge in [0.15, 0.2) is 0 Å². The molecular formula is C19H19F2NO4. The van der Waals surface area contributed by atoms with E-state index in [9.17, 15) is 13.6 Å². The van der Waals surface area contributed by atoms with Crippen molar-refractivity contribution in [3.05, 3.63) is 60.2 Å². The van der Waals surface area contributed by atoms with E-state index in [-0.39, 0.29) is 17.8 Å². The second-order valence-electron chi connectivity index (χ2n) is 5.77. The molecule has 2 aromatic carbocycles. The molecule has 7 heteroatoms. The zero-order valence-electron chi connectivity index (χ0n) is 14.0. The highest BCUT2D eigenvalue weighted by Gasteiger charge is 2.26. The smallest absolute Gasteiger partial charge is 0.387 e. The third-order valence-corrected chi connectivity index (χ3v) is 3.91. The maximum Gasteiger partial charge on any atom is 0.387 e. The Morgan fingerprint density at radius 1 is 1.15 bits per heavy atom. The predicted octanol–water partition coefficient (Wildman–Crippen LogP) is 3.21. The molecule has 2 aromatic rings. The first-order valence-electron chi connectivity index (χ1n) is 8.25. The Morgan fingerprint density at radius 2 is 1.92 bits per heavy atom. The Morgan fingerprint density at radius 3 is 2.69 bits per heavy atom. The molecule has 1 saturated heterocycles. The average molecular weight is 363 g/mol. The van der Waals surface area contributed by atoms with E-state index < -0.39 is 6.61 Å². The lowest BCUT2D eigenvalue weighted by molar-refractivity contribution is -0.0500. The fraction of sp³-hybridized carbons (Fsp3) is 0.316. The van der Waals surface area contributed by atoms with Crippen molar-refractivity contribution >= 4 is 5.91 Å². The fourth-order valence-electron chi connectivity index (χ4n) is 2.70.